The van der Waals surface area contributed by atoms with Gasteiger partial charge in [-0.05, 0) is 45.1 Å². The van der Waals surface area contributed by atoms with Gasteiger partial charge < -0.3 is 9.47 Å². The fourth-order valence-corrected chi connectivity index (χ4v) is 2.84. The maximum absolute atomic E-state index is 10.9. The average Bonchev–Trinajstić information content (AvgIpc) is 2.82. The number of non-ortho nitro benzene ring substituents is 1. The summed E-state index contributed by atoms with van der Waals surface area (Å²) in [6.45, 7) is 2.17. The summed E-state index contributed by atoms with van der Waals surface area (Å²) in [6.07, 6.45) is 4.26. The van der Waals surface area contributed by atoms with E-state index < -0.39 is 0 Å². The van der Waals surface area contributed by atoms with E-state index in [1.54, 1.807) is 12.1 Å². The Kier molecular flexibility index (Phi) is 2.98. The Labute approximate surface area is 111 Å². The largest absolute Gasteiger partial charge is 0.344 e. The van der Waals surface area contributed by atoms with Gasteiger partial charge >= 0.3 is 0 Å². The molecule has 3 rings (SSSR count). The highest BCUT2D eigenvalue weighted by molar-refractivity contribution is 5.82. The SMILES string of the molecule is CN1CCC(n2ccc3ccc([N+](=O)[O-])cc32)CC1. The van der Waals surface area contributed by atoms with E-state index in [2.05, 4.69) is 22.7 Å². The van der Waals surface area contributed by atoms with Crippen LogP contribution in [0.4, 0.5) is 5.69 Å². The highest BCUT2D eigenvalue weighted by Gasteiger charge is 2.20. The molecular weight excluding hydrogens is 242 g/mol. The van der Waals surface area contributed by atoms with E-state index in [0.29, 0.717) is 6.04 Å². The van der Waals surface area contributed by atoms with Crippen molar-refractivity contribution in [1.29, 1.82) is 0 Å². The molecule has 0 radical (unpaired) electrons. The predicted octanol–water partition coefficient (Wildman–Crippen LogP) is 2.82. The first-order valence-corrected chi connectivity index (χ1v) is 6.58. The first-order chi connectivity index (χ1) is 9.15. The lowest BCUT2D eigenvalue weighted by molar-refractivity contribution is -0.384. The van der Waals surface area contributed by atoms with Crippen LogP contribution in [0.5, 0.6) is 0 Å². The Morgan fingerprint density at radius 2 is 2.00 bits per heavy atom. The second kappa shape index (κ2) is 4.66. The Balaban J connectivity index is 1.99. The van der Waals surface area contributed by atoms with Crippen molar-refractivity contribution in [2.75, 3.05) is 20.1 Å². The topological polar surface area (TPSA) is 51.3 Å². The molecule has 100 valence electrons. The zero-order valence-corrected chi connectivity index (χ0v) is 11.0. The van der Waals surface area contributed by atoms with Crippen molar-refractivity contribution in [1.82, 2.24) is 9.47 Å². The number of benzene rings is 1. The number of fused-ring (bicyclic) bond motifs is 1. The van der Waals surface area contributed by atoms with Crippen LogP contribution >= 0.6 is 0 Å². The molecule has 5 heteroatoms. The number of aromatic nitrogens is 1. The van der Waals surface area contributed by atoms with E-state index in [1.165, 1.54) is 0 Å². The van der Waals surface area contributed by atoms with Crippen molar-refractivity contribution in [2.45, 2.75) is 18.9 Å². The summed E-state index contributed by atoms with van der Waals surface area (Å²) in [5.41, 5.74) is 1.14. The molecule has 0 N–H and O–H groups in total. The summed E-state index contributed by atoms with van der Waals surface area (Å²) in [6, 6.07) is 7.58. The number of nitrogens with zero attached hydrogens (tertiary/aromatic N) is 3. The normalized spacial score (nSPS) is 17.9. The molecule has 0 bridgehead atoms. The zero-order chi connectivity index (χ0) is 13.4. The lowest BCUT2D eigenvalue weighted by atomic mass is 10.1. The van der Waals surface area contributed by atoms with Crippen LogP contribution < -0.4 is 0 Å². The van der Waals surface area contributed by atoms with Gasteiger partial charge in [0, 0.05) is 29.8 Å². The van der Waals surface area contributed by atoms with Crippen LogP contribution in [0.15, 0.2) is 30.5 Å². The van der Waals surface area contributed by atoms with Gasteiger partial charge in [-0.25, -0.2) is 0 Å². The highest BCUT2D eigenvalue weighted by atomic mass is 16.6. The zero-order valence-electron chi connectivity index (χ0n) is 11.0. The summed E-state index contributed by atoms with van der Waals surface area (Å²) < 4.78 is 2.20. The quantitative estimate of drug-likeness (QED) is 0.615. The van der Waals surface area contributed by atoms with Crippen LogP contribution in [-0.4, -0.2) is 34.5 Å². The van der Waals surface area contributed by atoms with Gasteiger partial charge in [0.15, 0.2) is 0 Å². The van der Waals surface area contributed by atoms with Crippen LogP contribution in [0.2, 0.25) is 0 Å². The lowest BCUT2D eigenvalue weighted by Crippen LogP contribution is -2.31. The summed E-state index contributed by atoms with van der Waals surface area (Å²) in [5, 5.41) is 12.0. The molecule has 0 unspecified atom stereocenters. The molecule has 1 aromatic carbocycles. The van der Waals surface area contributed by atoms with Gasteiger partial charge in [0.1, 0.15) is 0 Å². The van der Waals surface area contributed by atoms with Crippen LogP contribution in [0, 0.1) is 10.1 Å². The van der Waals surface area contributed by atoms with Crippen molar-refractivity contribution in [3.8, 4) is 0 Å². The summed E-state index contributed by atoms with van der Waals surface area (Å²) in [7, 11) is 2.13. The molecule has 19 heavy (non-hydrogen) atoms. The minimum atomic E-state index is -0.328. The van der Waals surface area contributed by atoms with Crippen molar-refractivity contribution < 1.29 is 4.92 Å². The van der Waals surface area contributed by atoms with Crippen molar-refractivity contribution >= 4 is 16.6 Å². The third-order valence-corrected chi connectivity index (χ3v) is 4.00. The number of nitro benzene ring substituents is 1. The number of piperidine rings is 1. The fourth-order valence-electron chi connectivity index (χ4n) is 2.84. The summed E-state index contributed by atoms with van der Waals surface area (Å²) in [4.78, 5) is 12.9. The van der Waals surface area contributed by atoms with E-state index >= 15 is 0 Å². The molecule has 1 aromatic heterocycles. The van der Waals surface area contributed by atoms with E-state index in [9.17, 15) is 10.1 Å². The Morgan fingerprint density at radius 1 is 1.26 bits per heavy atom. The van der Waals surface area contributed by atoms with E-state index in [-0.39, 0.29) is 10.6 Å². The number of rotatable bonds is 2. The summed E-state index contributed by atoms with van der Waals surface area (Å²) in [5.74, 6) is 0. The number of hydrogen-bond acceptors (Lipinski definition) is 3. The second-order valence-corrected chi connectivity index (χ2v) is 5.26. The second-order valence-electron chi connectivity index (χ2n) is 5.26. The molecule has 1 aliphatic heterocycles. The van der Waals surface area contributed by atoms with E-state index in [1.807, 2.05) is 12.1 Å². The third kappa shape index (κ3) is 2.21. The van der Waals surface area contributed by atoms with E-state index in [4.69, 9.17) is 0 Å². The van der Waals surface area contributed by atoms with E-state index in [0.717, 1.165) is 36.8 Å². The standard InChI is InChI=1S/C14H17N3O2/c1-15-7-5-12(6-8-15)16-9-4-11-2-3-13(17(18)19)10-14(11)16/h2-4,9-10,12H,5-8H2,1H3. The molecule has 2 heterocycles. The molecule has 1 aliphatic rings. The van der Waals surface area contributed by atoms with Crippen molar-refractivity contribution in [3.63, 3.8) is 0 Å². The molecular formula is C14H17N3O2. The Hall–Kier alpha value is -1.88. The minimum Gasteiger partial charge on any atom is -0.344 e. The van der Waals surface area contributed by atoms with Crippen molar-refractivity contribution in [2.24, 2.45) is 0 Å². The Bertz CT molecular complexity index is 612. The minimum absolute atomic E-state index is 0.167. The first-order valence-electron chi connectivity index (χ1n) is 6.58. The molecule has 1 fully saturated rings. The van der Waals surface area contributed by atoms with Gasteiger partial charge in [-0.2, -0.15) is 0 Å². The van der Waals surface area contributed by atoms with Crippen LogP contribution in [-0.2, 0) is 0 Å². The molecule has 0 aliphatic carbocycles. The monoisotopic (exact) mass is 259 g/mol. The molecule has 5 nitrogen and oxygen atoms in total. The number of hydrogen-bond donors (Lipinski definition) is 0. The summed E-state index contributed by atoms with van der Waals surface area (Å²) >= 11 is 0. The van der Waals surface area contributed by atoms with Crippen LogP contribution in [0.1, 0.15) is 18.9 Å². The predicted molar refractivity (Wildman–Crippen MR) is 74.4 cm³/mol. The maximum atomic E-state index is 10.9. The van der Waals surface area contributed by atoms with Crippen LogP contribution in [0.3, 0.4) is 0 Å². The smallest absolute Gasteiger partial charge is 0.271 e. The molecule has 0 saturated carbocycles. The molecule has 0 atom stereocenters. The van der Waals surface area contributed by atoms with Gasteiger partial charge in [0.2, 0.25) is 0 Å². The number of nitro groups is 1. The molecule has 2 aromatic rings. The Morgan fingerprint density at radius 3 is 2.68 bits per heavy atom. The van der Waals surface area contributed by atoms with Gasteiger partial charge in [0.25, 0.3) is 5.69 Å². The van der Waals surface area contributed by atoms with Gasteiger partial charge in [-0.1, -0.05) is 0 Å². The van der Waals surface area contributed by atoms with Crippen molar-refractivity contribution in [3.05, 3.63) is 40.6 Å². The van der Waals surface area contributed by atoms with Gasteiger partial charge in [-0.15, -0.1) is 0 Å². The molecule has 0 amide bonds. The lowest BCUT2D eigenvalue weighted by Gasteiger charge is -2.30. The van der Waals surface area contributed by atoms with Gasteiger partial charge in [0.05, 0.1) is 10.4 Å². The molecule has 0 spiro atoms. The third-order valence-electron chi connectivity index (χ3n) is 4.00. The van der Waals surface area contributed by atoms with Crippen LogP contribution in [0.25, 0.3) is 10.9 Å². The van der Waals surface area contributed by atoms with Gasteiger partial charge in [-0.3, -0.25) is 10.1 Å². The fraction of sp³-hybridized carbons (Fsp3) is 0.429. The maximum Gasteiger partial charge on any atom is 0.271 e. The number of likely N-dealkylation sites (tertiary alicyclic amines) is 1. The highest BCUT2D eigenvalue weighted by Crippen LogP contribution is 2.29. The average molecular weight is 259 g/mol. The molecule has 1 saturated heterocycles. The first kappa shape index (κ1) is 12.2.